The van der Waals surface area contributed by atoms with E-state index in [1.807, 2.05) is 12.3 Å². The number of aromatic nitrogens is 1. The number of hydrogen-bond donors (Lipinski definition) is 2. The highest BCUT2D eigenvalue weighted by Crippen LogP contribution is 2.23. The van der Waals surface area contributed by atoms with Crippen molar-refractivity contribution >= 4 is 0 Å². The Morgan fingerprint density at radius 2 is 2.28 bits per heavy atom. The van der Waals surface area contributed by atoms with Crippen LogP contribution in [0.2, 0.25) is 0 Å². The topological polar surface area (TPSA) is 62.6 Å². The van der Waals surface area contributed by atoms with Gasteiger partial charge in [-0.3, -0.25) is 15.3 Å². The van der Waals surface area contributed by atoms with Gasteiger partial charge in [-0.05, 0) is 49.6 Å². The van der Waals surface area contributed by atoms with Crippen molar-refractivity contribution < 1.29 is 9.15 Å². The molecule has 6 heteroatoms. The van der Waals surface area contributed by atoms with Gasteiger partial charge in [0.25, 0.3) is 0 Å². The molecule has 4 heterocycles. The molecule has 0 saturated carbocycles. The number of ether oxygens (including phenoxy) is 1. The second-order valence-electron chi connectivity index (χ2n) is 6.89. The number of hydrazine groups is 1. The predicted molar refractivity (Wildman–Crippen MR) is 94.5 cm³/mol. The Morgan fingerprint density at radius 1 is 1.28 bits per heavy atom. The molecular formula is C19H26N4O2. The monoisotopic (exact) mass is 342 g/mol. The summed E-state index contributed by atoms with van der Waals surface area (Å²) in [6.45, 7) is 4.54. The first kappa shape index (κ1) is 16.7. The van der Waals surface area contributed by atoms with Crippen molar-refractivity contribution in [2.75, 3.05) is 19.6 Å². The summed E-state index contributed by atoms with van der Waals surface area (Å²) in [5.74, 6) is 2.07. The van der Waals surface area contributed by atoms with Crippen LogP contribution in [0.1, 0.15) is 42.4 Å². The minimum absolute atomic E-state index is 0.282. The van der Waals surface area contributed by atoms with Gasteiger partial charge in [-0.1, -0.05) is 6.07 Å². The van der Waals surface area contributed by atoms with Crippen LogP contribution in [0.25, 0.3) is 0 Å². The van der Waals surface area contributed by atoms with E-state index in [9.17, 15) is 0 Å². The molecular weight excluding hydrogens is 316 g/mol. The molecule has 0 aliphatic carbocycles. The van der Waals surface area contributed by atoms with E-state index < -0.39 is 0 Å². The summed E-state index contributed by atoms with van der Waals surface area (Å²) in [7, 11) is 0. The quantitative estimate of drug-likeness (QED) is 0.840. The van der Waals surface area contributed by atoms with Crippen LogP contribution in [-0.2, 0) is 17.9 Å². The van der Waals surface area contributed by atoms with E-state index in [0.717, 1.165) is 56.1 Å². The zero-order chi connectivity index (χ0) is 16.9. The number of nitrogens with one attached hydrogen (secondary N) is 2. The standard InChI is InChI=1S/C19H26N4O2/c1-3-15(11-20-8-1)14-24-16-4-2-10-23(12-16)13-17-5-6-19(25-17)18-7-9-21-22-18/h1,3,5-6,8,11,16,18,21-22H,2,4,7,9-10,12-14H2. The summed E-state index contributed by atoms with van der Waals surface area (Å²) in [4.78, 5) is 6.57. The zero-order valence-electron chi connectivity index (χ0n) is 14.5. The largest absolute Gasteiger partial charge is 0.463 e. The van der Waals surface area contributed by atoms with Crippen molar-refractivity contribution in [3.63, 3.8) is 0 Å². The second kappa shape index (κ2) is 8.10. The summed E-state index contributed by atoms with van der Waals surface area (Å²) in [5, 5.41) is 0. The maximum Gasteiger partial charge on any atom is 0.122 e. The number of nitrogens with zero attached hydrogens (tertiary/aromatic N) is 2. The summed E-state index contributed by atoms with van der Waals surface area (Å²) in [6.07, 6.45) is 7.31. The molecule has 0 bridgehead atoms. The fourth-order valence-corrected chi connectivity index (χ4v) is 3.57. The van der Waals surface area contributed by atoms with Crippen LogP contribution in [0.5, 0.6) is 0 Å². The first-order chi connectivity index (χ1) is 12.4. The molecule has 2 N–H and O–H groups in total. The molecule has 2 atom stereocenters. The van der Waals surface area contributed by atoms with Crippen LogP contribution in [0.3, 0.4) is 0 Å². The lowest BCUT2D eigenvalue weighted by atomic mass is 10.1. The van der Waals surface area contributed by atoms with Crippen LogP contribution in [-0.4, -0.2) is 35.6 Å². The van der Waals surface area contributed by atoms with Gasteiger partial charge in [-0.25, -0.2) is 5.43 Å². The fraction of sp³-hybridized carbons (Fsp3) is 0.526. The third-order valence-electron chi connectivity index (χ3n) is 4.91. The third kappa shape index (κ3) is 4.46. The second-order valence-corrected chi connectivity index (χ2v) is 6.89. The zero-order valence-corrected chi connectivity index (χ0v) is 14.5. The number of furan rings is 1. The minimum Gasteiger partial charge on any atom is -0.463 e. The Hall–Kier alpha value is -1.73. The number of hydrogen-bond acceptors (Lipinski definition) is 6. The molecule has 4 rings (SSSR count). The smallest absolute Gasteiger partial charge is 0.122 e. The van der Waals surface area contributed by atoms with E-state index in [2.05, 4.69) is 38.9 Å². The average Bonchev–Trinajstić information content (AvgIpc) is 3.33. The normalized spacial score (nSPS) is 24.6. The van der Waals surface area contributed by atoms with Gasteiger partial charge in [0.2, 0.25) is 0 Å². The van der Waals surface area contributed by atoms with E-state index in [1.54, 1.807) is 6.20 Å². The van der Waals surface area contributed by atoms with E-state index >= 15 is 0 Å². The van der Waals surface area contributed by atoms with E-state index in [-0.39, 0.29) is 6.10 Å². The maximum absolute atomic E-state index is 6.09. The SMILES string of the molecule is c1cncc(COC2CCCN(Cc3ccc(C4CCNN4)o3)C2)c1. The lowest BCUT2D eigenvalue weighted by Gasteiger charge is -2.32. The van der Waals surface area contributed by atoms with Crippen molar-refractivity contribution in [1.29, 1.82) is 0 Å². The average molecular weight is 342 g/mol. The van der Waals surface area contributed by atoms with Crippen molar-refractivity contribution in [2.45, 2.75) is 44.6 Å². The van der Waals surface area contributed by atoms with Crippen molar-refractivity contribution in [2.24, 2.45) is 0 Å². The predicted octanol–water partition coefficient (Wildman–Crippen LogP) is 2.39. The molecule has 0 amide bonds. The highest BCUT2D eigenvalue weighted by Gasteiger charge is 2.23. The van der Waals surface area contributed by atoms with Crippen LogP contribution < -0.4 is 10.9 Å². The van der Waals surface area contributed by atoms with Crippen molar-refractivity contribution in [1.82, 2.24) is 20.7 Å². The highest BCUT2D eigenvalue weighted by molar-refractivity contribution is 5.12. The lowest BCUT2D eigenvalue weighted by Crippen LogP contribution is -2.39. The van der Waals surface area contributed by atoms with Gasteiger partial charge >= 0.3 is 0 Å². The Balaban J connectivity index is 1.28. The maximum atomic E-state index is 6.09. The van der Waals surface area contributed by atoms with Gasteiger partial charge in [-0.2, -0.15) is 0 Å². The first-order valence-corrected chi connectivity index (χ1v) is 9.17. The number of rotatable bonds is 6. The molecule has 2 aliphatic heterocycles. The summed E-state index contributed by atoms with van der Waals surface area (Å²) in [6, 6.07) is 8.51. The molecule has 2 saturated heterocycles. The van der Waals surface area contributed by atoms with Crippen molar-refractivity contribution in [3.8, 4) is 0 Å². The van der Waals surface area contributed by atoms with Gasteiger partial charge in [0.1, 0.15) is 11.5 Å². The molecule has 0 spiro atoms. The van der Waals surface area contributed by atoms with E-state index in [1.165, 1.54) is 6.42 Å². The summed E-state index contributed by atoms with van der Waals surface area (Å²) in [5.41, 5.74) is 7.53. The molecule has 2 unspecified atom stereocenters. The molecule has 2 aromatic heterocycles. The molecule has 6 nitrogen and oxygen atoms in total. The van der Waals surface area contributed by atoms with Gasteiger partial charge in [-0.15, -0.1) is 0 Å². The lowest BCUT2D eigenvalue weighted by molar-refractivity contribution is -0.0136. The third-order valence-corrected chi connectivity index (χ3v) is 4.91. The van der Waals surface area contributed by atoms with Gasteiger partial charge in [0.15, 0.2) is 0 Å². The summed E-state index contributed by atoms with van der Waals surface area (Å²) < 4.78 is 12.1. The Bertz CT molecular complexity index is 654. The van der Waals surface area contributed by atoms with E-state index in [0.29, 0.717) is 12.6 Å². The van der Waals surface area contributed by atoms with Crippen LogP contribution >= 0.6 is 0 Å². The van der Waals surface area contributed by atoms with Crippen LogP contribution in [0.15, 0.2) is 41.1 Å². The Morgan fingerprint density at radius 3 is 3.12 bits per heavy atom. The Kier molecular flexibility index (Phi) is 5.42. The van der Waals surface area contributed by atoms with Gasteiger partial charge in [0, 0.05) is 25.5 Å². The highest BCUT2D eigenvalue weighted by atomic mass is 16.5. The van der Waals surface area contributed by atoms with E-state index in [4.69, 9.17) is 9.15 Å². The molecule has 2 aliphatic rings. The van der Waals surface area contributed by atoms with Gasteiger partial charge < -0.3 is 9.15 Å². The number of likely N-dealkylation sites (tertiary alicyclic amines) is 1. The fourth-order valence-electron chi connectivity index (χ4n) is 3.57. The van der Waals surface area contributed by atoms with Crippen molar-refractivity contribution in [3.05, 3.63) is 53.7 Å². The molecule has 0 radical (unpaired) electrons. The molecule has 0 aromatic carbocycles. The molecule has 134 valence electrons. The molecule has 25 heavy (non-hydrogen) atoms. The molecule has 2 aromatic rings. The first-order valence-electron chi connectivity index (χ1n) is 9.17. The number of pyridine rings is 1. The summed E-state index contributed by atoms with van der Waals surface area (Å²) >= 11 is 0. The minimum atomic E-state index is 0.282. The van der Waals surface area contributed by atoms with Gasteiger partial charge in [0.05, 0.1) is 25.3 Å². The van der Waals surface area contributed by atoms with Crippen LogP contribution in [0, 0.1) is 0 Å². The molecule has 2 fully saturated rings. The van der Waals surface area contributed by atoms with Crippen LogP contribution in [0.4, 0.5) is 0 Å². The number of piperidine rings is 1. The Labute approximate surface area is 148 Å².